The first-order valence-electron chi connectivity index (χ1n) is 8.55. The van der Waals surface area contributed by atoms with E-state index in [1.807, 2.05) is 6.26 Å². The highest BCUT2D eigenvalue weighted by Gasteiger charge is 2.45. The SMILES string of the molecule is CSCO[C@@H]1[C@H](O)[C@@H](CO)O[C@H]1n1ccc(NC(=O)c2ccccc2)nc1=O. The Morgan fingerprint density at radius 2 is 2.11 bits per heavy atom. The topological polar surface area (TPSA) is 123 Å². The Kier molecular flexibility index (Phi) is 6.81. The molecule has 2 aromatic rings. The lowest BCUT2D eigenvalue weighted by molar-refractivity contribution is -0.0648. The van der Waals surface area contributed by atoms with Crippen LogP contribution in [0.25, 0.3) is 0 Å². The minimum atomic E-state index is -1.09. The number of aromatic nitrogens is 2. The van der Waals surface area contributed by atoms with Gasteiger partial charge in [0.2, 0.25) is 0 Å². The third-order valence-corrected chi connectivity index (χ3v) is 4.62. The van der Waals surface area contributed by atoms with Gasteiger partial charge in [-0.2, -0.15) is 4.98 Å². The molecule has 0 radical (unpaired) electrons. The number of carbonyl (C=O) groups excluding carboxylic acids is 1. The Bertz CT molecular complexity index is 862. The van der Waals surface area contributed by atoms with Crippen LogP contribution < -0.4 is 11.0 Å². The fraction of sp³-hybridized carbons (Fsp3) is 0.389. The van der Waals surface area contributed by atoms with E-state index < -0.39 is 36.8 Å². The third kappa shape index (κ3) is 4.42. The van der Waals surface area contributed by atoms with Gasteiger partial charge in [-0.3, -0.25) is 9.36 Å². The van der Waals surface area contributed by atoms with Gasteiger partial charge in [0.15, 0.2) is 6.23 Å². The number of nitrogens with one attached hydrogen (secondary N) is 1. The number of nitrogens with zero attached hydrogens (tertiary/aromatic N) is 2. The van der Waals surface area contributed by atoms with Crippen LogP contribution in [0.1, 0.15) is 16.6 Å². The molecule has 1 saturated heterocycles. The minimum Gasteiger partial charge on any atom is -0.394 e. The first kappa shape index (κ1) is 20.5. The van der Waals surface area contributed by atoms with Crippen LogP contribution in [-0.4, -0.2) is 62.8 Å². The van der Waals surface area contributed by atoms with Crippen LogP contribution in [0.4, 0.5) is 5.82 Å². The quantitative estimate of drug-likeness (QED) is 0.566. The molecule has 2 heterocycles. The van der Waals surface area contributed by atoms with E-state index in [0.29, 0.717) is 5.56 Å². The van der Waals surface area contributed by atoms with E-state index in [1.54, 1.807) is 30.3 Å². The van der Waals surface area contributed by atoms with E-state index in [1.165, 1.54) is 28.6 Å². The standard InChI is InChI=1S/C18H21N3O6S/c1-28-10-26-15-14(23)12(9-22)27-17(15)21-8-7-13(20-18(21)25)19-16(24)11-5-3-2-4-6-11/h2-8,12,14-15,17,22-23H,9-10H2,1H3,(H,19,20,24,25)/t12-,14-,15-,17-/m1/s1. The van der Waals surface area contributed by atoms with Crippen molar-refractivity contribution in [2.24, 2.45) is 0 Å². The highest BCUT2D eigenvalue weighted by molar-refractivity contribution is 7.98. The van der Waals surface area contributed by atoms with Gasteiger partial charge in [0, 0.05) is 11.8 Å². The van der Waals surface area contributed by atoms with E-state index in [0.717, 1.165) is 0 Å². The van der Waals surface area contributed by atoms with Crippen LogP contribution in [0.15, 0.2) is 47.4 Å². The molecule has 150 valence electrons. The second kappa shape index (κ2) is 9.30. The lowest BCUT2D eigenvalue weighted by atomic mass is 10.1. The number of thioether (sulfide) groups is 1. The molecule has 0 unspecified atom stereocenters. The fourth-order valence-corrected chi connectivity index (χ4v) is 3.17. The maximum atomic E-state index is 12.5. The molecular weight excluding hydrogens is 386 g/mol. The van der Waals surface area contributed by atoms with Crippen molar-refractivity contribution in [2.45, 2.75) is 24.5 Å². The van der Waals surface area contributed by atoms with Gasteiger partial charge in [-0.25, -0.2) is 4.79 Å². The summed E-state index contributed by atoms with van der Waals surface area (Å²) in [6.45, 7) is -0.413. The molecule has 1 aliphatic heterocycles. The molecule has 4 atom stereocenters. The molecule has 0 saturated carbocycles. The van der Waals surface area contributed by atoms with E-state index in [-0.39, 0.29) is 17.7 Å². The minimum absolute atomic E-state index is 0.0916. The van der Waals surface area contributed by atoms with Crippen molar-refractivity contribution in [1.82, 2.24) is 9.55 Å². The number of aliphatic hydroxyl groups is 2. The lowest BCUT2D eigenvalue weighted by Gasteiger charge is -2.22. The van der Waals surface area contributed by atoms with Gasteiger partial charge in [-0.15, -0.1) is 11.8 Å². The van der Waals surface area contributed by atoms with Crippen LogP contribution in [-0.2, 0) is 9.47 Å². The molecule has 1 aromatic heterocycles. The number of benzene rings is 1. The predicted octanol–water partition coefficient (Wildman–Crippen LogP) is 0.452. The van der Waals surface area contributed by atoms with Crippen molar-refractivity contribution in [1.29, 1.82) is 0 Å². The van der Waals surface area contributed by atoms with Crippen LogP contribution in [0.3, 0.4) is 0 Å². The lowest BCUT2D eigenvalue weighted by Crippen LogP contribution is -2.38. The number of hydrogen-bond donors (Lipinski definition) is 3. The number of carbonyl (C=O) groups is 1. The summed E-state index contributed by atoms with van der Waals surface area (Å²) in [7, 11) is 0. The molecule has 9 nitrogen and oxygen atoms in total. The summed E-state index contributed by atoms with van der Waals surface area (Å²) in [6, 6.07) is 10.0. The fourth-order valence-electron chi connectivity index (χ4n) is 2.87. The zero-order chi connectivity index (χ0) is 20.1. The summed E-state index contributed by atoms with van der Waals surface area (Å²) < 4.78 is 12.4. The van der Waals surface area contributed by atoms with E-state index in [4.69, 9.17) is 9.47 Å². The van der Waals surface area contributed by atoms with Crippen molar-refractivity contribution in [2.75, 3.05) is 24.1 Å². The van der Waals surface area contributed by atoms with Gasteiger partial charge in [0.05, 0.1) is 12.5 Å². The largest absolute Gasteiger partial charge is 0.394 e. The Morgan fingerprint density at radius 3 is 2.75 bits per heavy atom. The Morgan fingerprint density at radius 1 is 1.36 bits per heavy atom. The van der Waals surface area contributed by atoms with E-state index in [9.17, 15) is 19.8 Å². The van der Waals surface area contributed by atoms with Crippen LogP contribution >= 0.6 is 11.8 Å². The zero-order valence-electron chi connectivity index (χ0n) is 15.1. The summed E-state index contributed by atoms with van der Waals surface area (Å²) >= 11 is 1.41. The summed E-state index contributed by atoms with van der Waals surface area (Å²) in [6.07, 6.45) is -0.513. The first-order chi connectivity index (χ1) is 13.5. The molecule has 0 aliphatic carbocycles. The molecule has 28 heavy (non-hydrogen) atoms. The number of anilines is 1. The number of hydrogen-bond acceptors (Lipinski definition) is 8. The van der Waals surface area contributed by atoms with Crippen molar-refractivity contribution in [3.8, 4) is 0 Å². The van der Waals surface area contributed by atoms with Crippen LogP contribution in [0, 0.1) is 0 Å². The van der Waals surface area contributed by atoms with Gasteiger partial charge in [0.1, 0.15) is 24.1 Å². The second-order valence-corrected chi connectivity index (χ2v) is 6.91. The summed E-state index contributed by atoms with van der Waals surface area (Å²) in [5.41, 5.74) is -0.244. The number of ether oxygens (including phenoxy) is 2. The second-order valence-electron chi connectivity index (χ2n) is 6.10. The molecule has 1 aromatic carbocycles. The normalized spacial score (nSPS) is 24.2. The smallest absolute Gasteiger partial charge is 0.351 e. The Hall–Kier alpha value is -2.24. The van der Waals surface area contributed by atoms with Gasteiger partial charge < -0.3 is 25.0 Å². The average molecular weight is 407 g/mol. The molecule has 1 aliphatic rings. The monoisotopic (exact) mass is 407 g/mol. The van der Waals surface area contributed by atoms with Gasteiger partial charge in [-0.05, 0) is 24.5 Å². The average Bonchev–Trinajstić information content (AvgIpc) is 3.02. The molecule has 10 heteroatoms. The van der Waals surface area contributed by atoms with E-state index in [2.05, 4.69) is 10.3 Å². The number of aliphatic hydroxyl groups excluding tert-OH is 2. The van der Waals surface area contributed by atoms with Gasteiger partial charge in [-0.1, -0.05) is 18.2 Å². The number of rotatable bonds is 7. The highest BCUT2D eigenvalue weighted by atomic mass is 32.2. The maximum absolute atomic E-state index is 12.5. The molecule has 1 fully saturated rings. The van der Waals surface area contributed by atoms with Crippen molar-refractivity contribution in [3.05, 3.63) is 58.6 Å². The molecular formula is C18H21N3O6S. The maximum Gasteiger partial charge on any atom is 0.351 e. The first-order valence-corrected chi connectivity index (χ1v) is 9.95. The van der Waals surface area contributed by atoms with Crippen LogP contribution in [0.5, 0.6) is 0 Å². The molecule has 3 N–H and O–H groups in total. The zero-order valence-corrected chi connectivity index (χ0v) is 15.9. The molecule has 3 rings (SSSR count). The van der Waals surface area contributed by atoms with Gasteiger partial charge in [0.25, 0.3) is 5.91 Å². The third-order valence-electron chi connectivity index (χ3n) is 4.25. The summed E-state index contributed by atoms with van der Waals surface area (Å²) in [5, 5.41) is 22.2. The predicted molar refractivity (Wildman–Crippen MR) is 103 cm³/mol. The number of amides is 1. The van der Waals surface area contributed by atoms with Crippen LogP contribution in [0.2, 0.25) is 0 Å². The molecule has 1 amide bonds. The highest BCUT2D eigenvalue weighted by Crippen LogP contribution is 2.31. The van der Waals surface area contributed by atoms with Gasteiger partial charge >= 0.3 is 5.69 Å². The van der Waals surface area contributed by atoms with E-state index >= 15 is 0 Å². The summed E-state index contributed by atoms with van der Waals surface area (Å²) in [5.74, 6) is -0.0131. The molecule has 0 spiro atoms. The molecule has 0 bridgehead atoms. The van der Waals surface area contributed by atoms with Crippen molar-refractivity contribution < 1.29 is 24.5 Å². The van der Waals surface area contributed by atoms with Crippen molar-refractivity contribution in [3.63, 3.8) is 0 Å². The Balaban J connectivity index is 1.79. The summed E-state index contributed by atoms with van der Waals surface area (Å²) in [4.78, 5) is 28.5. The van der Waals surface area contributed by atoms with Crippen molar-refractivity contribution >= 4 is 23.5 Å². The Labute approximate surface area is 165 Å².